The second-order valence-corrected chi connectivity index (χ2v) is 5.01. The minimum atomic E-state index is 0.761. The smallest absolute Gasteiger partial charge is 0.0366 e. The van der Waals surface area contributed by atoms with Crippen molar-refractivity contribution >= 4 is 5.69 Å². The molecule has 3 rings (SSSR count). The Balaban J connectivity index is 1.61. The second kappa shape index (κ2) is 5.07. The van der Waals surface area contributed by atoms with Gasteiger partial charge in [0.25, 0.3) is 0 Å². The molecule has 92 valence electrons. The van der Waals surface area contributed by atoms with Crippen molar-refractivity contribution < 1.29 is 0 Å². The van der Waals surface area contributed by atoms with E-state index in [0.717, 1.165) is 19.1 Å². The lowest BCUT2D eigenvalue weighted by atomic mass is 10.2. The molecule has 0 unspecified atom stereocenters. The van der Waals surface area contributed by atoms with Gasteiger partial charge in [-0.2, -0.15) is 0 Å². The molecule has 2 aliphatic heterocycles. The molecule has 0 aromatic heterocycles. The Kier molecular flexibility index (Phi) is 3.29. The van der Waals surface area contributed by atoms with E-state index in [1.807, 2.05) is 0 Å². The maximum absolute atomic E-state index is 3.43. The van der Waals surface area contributed by atoms with Gasteiger partial charge in [-0.25, -0.2) is 0 Å². The van der Waals surface area contributed by atoms with Gasteiger partial charge in [-0.05, 0) is 18.6 Å². The predicted molar refractivity (Wildman–Crippen MR) is 71.5 cm³/mol. The van der Waals surface area contributed by atoms with Crippen LogP contribution in [0.3, 0.4) is 0 Å². The first kappa shape index (κ1) is 11.1. The van der Waals surface area contributed by atoms with E-state index in [1.54, 1.807) is 0 Å². The van der Waals surface area contributed by atoms with Crippen molar-refractivity contribution in [2.45, 2.75) is 12.5 Å². The van der Waals surface area contributed by atoms with Crippen LogP contribution in [0.25, 0.3) is 0 Å². The van der Waals surface area contributed by atoms with Gasteiger partial charge in [0, 0.05) is 51.0 Å². The van der Waals surface area contributed by atoms with Crippen molar-refractivity contribution in [3.8, 4) is 0 Å². The first-order valence-corrected chi connectivity index (χ1v) is 6.68. The molecular formula is C14H21N3. The lowest BCUT2D eigenvalue weighted by Gasteiger charge is -2.32. The first-order valence-electron chi connectivity index (χ1n) is 6.68. The molecule has 1 aromatic rings. The van der Waals surface area contributed by atoms with Crippen LogP contribution in [0, 0.1) is 0 Å². The van der Waals surface area contributed by atoms with Gasteiger partial charge >= 0.3 is 0 Å². The summed E-state index contributed by atoms with van der Waals surface area (Å²) >= 11 is 0. The number of nitrogens with zero attached hydrogens (tertiary/aromatic N) is 2. The third kappa shape index (κ3) is 2.45. The summed E-state index contributed by atoms with van der Waals surface area (Å²) < 4.78 is 0. The van der Waals surface area contributed by atoms with E-state index in [-0.39, 0.29) is 0 Å². The fourth-order valence-electron chi connectivity index (χ4n) is 2.96. The Hall–Kier alpha value is -1.06. The monoisotopic (exact) mass is 231 g/mol. The Morgan fingerprint density at radius 3 is 2.53 bits per heavy atom. The van der Waals surface area contributed by atoms with E-state index in [2.05, 4.69) is 45.4 Å². The Bertz CT molecular complexity index is 346. The highest BCUT2D eigenvalue weighted by Gasteiger charge is 2.28. The largest absolute Gasteiger partial charge is 0.370 e. The molecule has 0 bridgehead atoms. The summed E-state index contributed by atoms with van der Waals surface area (Å²) in [6.07, 6.45) is 1.31. The fraction of sp³-hybridized carbons (Fsp3) is 0.571. The number of hydrogen-bond acceptors (Lipinski definition) is 3. The van der Waals surface area contributed by atoms with E-state index in [9.17, 15) is 0 Å². The summed E-state index contributed by atoms with van der Waals surface area (Å²) in [5.74, 6) is 0. The van der Waals surface area contributed by atoms with Crippen LogP contribution in [0.5, 0.6) is 0 Å². The molecule has 1 atom stereocenters. The zero-order valence-corrected chi connectivity index (χ0v) is 10.3. The molecule has 17 heavy (non-hydrogen) atoms. The summed E-state index contributed by atoms with van der Waals surface area (Å²) in [6.45, 7) is 7.15. The molecule has 0 aliphatic carbocycles. The minimum absolute atomic E-state index is 0.761. The average molecular weight is 231 g/mol. The minimum Gasteiger partial charge on any atom is -0.370 e. The van der Waals surface area contributed by atoms with Crippen LogP contribution in [0.2, 0.25) is 0 Å². The van der Waals surface area contributed by atoms with E-state index >= 15 is 0 Å². The van der Waals surface area contributed by atoms with Gasteiger partial charge in [-0.1, -0.05) is 18.2 Å². The normalized spacial score (nSPS) is 26.4. The van der Waals surface area contributed by atoms with Crippen LogP contribution in [0.15, 0.2) is 30.3 Å². The zero-order chi connectivity index (χ0) is 11.5. The first-order chi connectivity index (χ1) is 8.43. The van der Waals surface area contributed by atoms with Crippen LogP contribution < -0.4 is 10.2 Å². The van der Waals surface area contributed by atoms with Gasteiger partial charge in [0.15, 0.2) is 0 Å². The molecule has 0 radical (unpaired) electrons. The van der Waals surface area contributed by atoms with Gasteiger partial charge < -0.3 is 10.2 Å². The van der Waals surface area contributed by atoms with E-state index in [0.29, 0.717) is 0 Å². The van der Waals surface area contributed by atoms with Crippen molar-refractivity contribution in [1.29, 1.82) is 0 Å². The standard InChI is InChI=1S/C14H21N3/c1-2-4-13(5-3-1)17-9-6-14(12-17)16-10-7-15-8-11-16/h1-5,14-15H,6-12H2/t14-/m0/s1. The van der Waals surface area contributed by atoms with Crippen molar-refractivity contribution in [2.75, 3.05) is 44.2 Å². The molecular weight excluding hydrogens is 210 g/mol. The molecule has 2 aliphatic rings. The molecule has 0 amide bonds. The van der Waals surface area contributed by atoms with Crippen molar-refractivity contribution in [3.05, 3.63) is 30.3 Å². The van der Waals surface area contributed by atoms with E-state index < -0.39 is 0 Å². The Morgan fingerprint density at radius 2 is 1.76 bits per heavy atom. The van der Waals surface area contributed by atoms with Gasteiger partial charge in [0.2, 0.25) is 0 Å². The molecule has 3 nitrogen and oxygen atoms in total. The molecule has 2 fully saturated rings. The van der Waals surface area contributed by atoms with Crippen molar-refractivity contribution in [1.82, 2.24) is 10.2 Å². The summed E-state index contributed by atoms with van der Waals surface area (Å²) in [6, 6.07) is 11.6. The number of benzene rings is 1. The summed E-state index contributed by atoms with van der Waals surface area (Å²) in [4.78, 5) is 5.17. The SMILES string of the molecule is c1ccc(N2CC[C@H](N3CCNCC3)C2)cc1. The summed E-state index contributed by atoms with van der Waals surface area (Å²) in [5.41, 5.74) is 1.38. The average Bonchev–Trinajstić information content (AvgIpc) is 2.90. The molecule has 2 heterocycles. The molecule has 1 N–H and O–H groups in total. The van der Waals surface area contributed by atoms with Crippen molar-refractivity contribution in [2.24, 2.45) is 0 Å². The molecule has 1 aromatic carbocycles. The van der Waals surface area contributed by atoms with Crippen LogP contribution in [-0.2, 0) is 0 Å². The zero-order valence-electron chi connectivity index (χ0n) is 10.3. The van der Waals surface area contributed by atoms with Gasteiger partial charge in [0.1, 0.15) is 0 Å². The number of anilines is 1. The van der Waals surface area contributed by atoms with E-state index in [4.69, 9.17) is 0 Å². The number of piperazine rings is 1. The molecule has 3 heteroatoms. The maximum Gasteiger partial charge on any atom is 0.0366 e. The molecule has 0 saturated carbocycles. The highest BCUT2D eigenvalue weighted by molar-refractivity contribution is 5.47. The molecule has 2 saturated heterocycles. The fourth-order valence-corrected chi connectivity index (χ4v) is 2.96. The second-order valence-electron chi connectivity index (χ2n) is 5.01. The molecule has 0 spiro atoms. The summed E-state index contributed by atoms with van der Waals surface area (Å²) in [5, 5.41) is 3.43. The number of nitrogens with one attached hydrogen (secondary N) is 1. The van der Waals surface area contributed by atoms with Crippen LogP contribution in [0.1, 0.15) is 6.42 Å². The maximum atomic E-state index is 3.43. The van der Waals surface area contributed by atoms with Crippen LogP contribution >= 0.6 is 0 Å². The lowest BCUT2D eigenvalue weighted by molar-refractivity contribution is 0.185. The van der Waals surface area contributed by atoms with Gasteiger partial charge in [-0.15, -0.1) is 0 Å². The highest BCUT2D eigenvalue weighted by Crippen LogP contribution is 2.22. The van der Waals surface area contributed by atoms with Gasteiger partial charge in [0.05, 0.1) is 0 Å². The topological polar surface area (TPSA) is 18.5 Å². The van der Waals surface area contributed by atoms with Crippen LogP contribution in [0.4, 0.5) is 5.69 Å². The van der Waals surface area contributed by atoms with Gasteiger partial charge in [-0.3, -0.25) is 4.90 Å². The predicted octanol–water partition coefficient (Wildman–Crippen LogP) is 1.17. The Morgan fingerprint density at radius 1 is 1.00 bits per heavy atom. The number of para-hydroxylation sites is 1. The van der Waals surface area contributed by atoms with Crippen LogP contribution in [-0.4, -0.2) is 50.2 Å². The Labute approximate surface area is 103 Å². The third-order valence-electron chi connectivity index (χ3n) is 3.95. The highest BCUT2D eigenvalue weighted by atomic mass is 15.3. The summed E-state index contributed by atoms with van der Waals surface area (Å²) in [7, 11) is 0. The quantitative estimate of drug-likeness (QED) is 0.824. The van der Waals surface area contributed by atoms with E-state index in [1.165, 1.54) is 38.3 Å². The lowest BCUT2D eigenvalue weighted by Crippen LogP contribution is -2.49. The third-order valence-corrected chi connectivity index (χ3v) is 3.95. The number of hydrogen-bond donors (Lipinski definition) is 1. The number of rotatable bonds is 2. The van der Waals surface area contributed by atoms with Crippen molar-refractivity contribution in [3.63, 3.8) is 0 Å².